The number of nitrogens with two attached hydrogens (primary N) is 1. The molecule has 16 heavy (non-hydrogen) atoms. The van der Waals surface area contributed by atoms with Gasteiger partial charge in [0.15, 0.2) is 0 Å². The highest BCUT2D eigenvalue weighted by atomic mass is 32.1. The fourth-order valence-corrected chi connectivity index (χ4v) is 2.51. The number of benzene rings is 1. The Morgan fingerprint density at radius 1 is 1.12 bits per heavy atom. The van der Waals surface area contributed by atoms with Crippen molar-refractivity contribution >= 4 is 22.0 Å². The first kappa shape index (κ1) is 11.0. The van der Waals surface area contributed by atoms with Crippen LogP contribution in [-0.2, 0) is 0 Å². The summed E-state index contributed by atoms with van der Waals surface area (Å²) < 4.78 is 0. The molecule has 0 aliphatic rings. The maximum absolute atomic E-state index is 5.98. The molecule has 0 amide bonds. The average Bonchev–Trinajstić information content (AvgIpc) is 2.58. The van der Waals surface area contributed by atoms with Crippen LogP contribution in [0.3, 0.4) is 0 Å². The van der Waals surface area contributed by atoms with Gasteiger partial charge in [-0.15, -0.1) is 11.3 Å². The molecule has 0 unspecified atom stereocenters. The van der Waals surface area contributed by atoms with Crippen molar-refractivity contribution in [2.24, 2.45) is 0 Å². The lowest BCUT2D eigenvalue weighted by molar-refractivity contribution is 1.13. The molecule has 0 fully saturated rings. The van der Waals surface area contributed by atoms with E-state index in [-0.39, 0.29) is 0 Å². The smallest absolute Gasteiger partial charge is 0.0938 e. The Labute approximate surface area is 100 Å². The van der Waals surface area contributed by atoms with Gasteiger partial charge in [-0.25, -0.2) is 0 Å². The maximum atomic E-state index is 5.98. The Morgan fingerprint density at radius 2 is 1.75 bits per heavy atom. The third kappa shape index (κ3) is 2.04. The molecule has 0 radical (unpaired) electrons. The van der Waals surface area contributed by atoms with E-state index in [2.05, 4.69) is 42.2 Å². The van der Waals surface area contributed by atoms with Gasteiger partial charge in [0.2, 0.25) is 0 Å². The maximum Gasteiger partial charge on any atom is 0.0938 e. The Hall–Kier alpha value is -1.48. The lowest BCUT2D eigenvalue weighted by Gasteiger charge is -2.12. The van der Waals surface area contributed by atoms with Crippen LogP contribution in [0.2, 0.25) is 0 Å². The first-order chi connectivity index (χ1) is 7.58. The number of hydrogen-bond donors (Lipinski definition) is 1. The van der Waals surface area contributed by atoms with E-state index in [4.69, 9.17) is 5.73 Å². The van der Waals surface area contributed by atoms with E-state index in [0.717, 1.165) is 10.6 Å². The van der Waals surface area contributed by atoms with Crippen molar-refractivity contribution in [3.63, 3.8) is 0 Å². The number of anilines is 2. The normalized spacial score (nSPS) is 10.4. The molecule has 0 aliphatic heterocycles. The topological polar surface area (TPSA) is 29.3 Å². The van der Waals surface area contributed by atoms with Gasteiger partial charge in [0, 0.05) is 30.2 Å². The van der Waals surface area contributed by atoms with Crippen LogP contribution >= 0.6 is 11.3 Å². The van der Waals surface area contributed by atoms with E-state index < -0.39 is 0 Å². The number of thiophene rings is 1. The Kier molecular flexibility index (Phi) is 2.88. The van der Waals surface area contributed by atoms with Gasteiger partial charge in [0.05, 0.1) is 5.00 Å². The van der Waals surface area contributed by atoms with Crippen molar-refractivity contribution in [3.8, 4) is 11.1 Å². The third-order valence-corrected chi connectivity index (χ3v) is 3.46. The first-order valence-corrected chi connectivity index (χ1v) is 6.03. The monoisotopic (exact) mass is 232 g/mol. The molecule has 0 spiro atoms. The number of nitrogens with zero attached hydrogens (tertiary/aromatic N) is 1. The molecule has 0 saturated carbocycles. The molecule has 0 aliphatic carbocycles. The standard InChI is InChI=1S/C13H16N2S/c1-9-8-12(13(14)16-9)10-4-6-11(7-5-10)15(2)3/h4-8H,14H2,1-3H3. The summed E-state index contributed by atoms with van der Waals surface area (Å²) in [6, 6.07) is 10.6. The van der Waals surface area contributed by atoms with Crippen LogP contribution in [0, 0.1) is 6.92 Å². The number of nitrogen functional groups attached to an aromatic ring is 1. The van der Waals surface area contributed by atoms with Crippen molar-refractivity contribution in [1.29, 1.82) is 0 Å². The molecule has 2 nitrogen and oxygen atoms in total. The molecule has 0 saturated heterocycles. The fourth-order valence-electron chi connectivity index (χ4n) is 1.70. The molecule has 1 aromatic carbocycles. The van der Waals surface area contributed by atoms with Crippen LogP contribution < -0.4 is 10.6 Å². The summed E-state index contributed by atoms with van der Waals surface area (Å²) in [7, 11) is 4.08. The quantitative estimate of drug-likeness (QED) is 0.860. The second kappa shape index (κ2) is 4.18. The van der Waals surface area contributed by atoms with Gasteiger partial charge >= 0.3 is 0 Å². The van der Waals surface area contributed by atoms with E-state index in [0.29, 0.717) is 0 Å². The van der Waals surface area contributed by atoms with Crippen molar-refractivity contribution in [2.45, 2.75) is 6.92 Å². The zero-order valence-corrected chi connectivity index (χ0v) is 10.6. The Bertz CT molecular complexity index is 483. The van der Waals surface area contributed by atoms with Crippen LogP contribution in [0.25, 0.3) is 11.1 Å². The molecule has 0 bridgehead atoms. The number of aryl methyl sites for hydroxylation is 1. The second-order valence-corrected chi connectivity index (χ2v) is 5.36. The van der Waals surface area contributed by atoms with Crippen LogP contribution in [0.5, 0.6) is 0 Å². The van der Waals surface area contributed by atoms with Gasteiger partial charge in [0.25, 0.3) is 0 Å². The van der Waals surface area contributed by atoms with Crippen LogP contribution in [0.1, 0.15) is 4.88 Å². The minimum absolute atomic E-state index is 0.898. The minimum Gasteiger partial charge on any atom is -0.390 e. The van der Waals surface area contributed by atoms with Gasteiger partial charge in [-0.05, 0) is 30.7 Å². The van der Waals surface area contributed by atoms with E-state index in [9.17, 15) is 0 Å². The summed E-state index contributed by atoms with van der Waals surface area (Å²) in [5.41, 5.74) is 9.52. The van der Waals surface area contributed by atoms with E-state index in [1.807, 2.05) is 14.1 Å². The van der Waals surface area contributed by atoms with Crippen molar-refractivity contribution < 1.29 is 0 Å². The van der Waals surface area contributed by atoms with Crippen LogP contribution in [-0.4, -0.2) is 14.1 Å². The van der Waals surface area contributed by atoms with Crippen LogP contribution in [0.4, 0.5) is 10.7 Å². The summed E-state index contributed by atoms with van der Waals surface area (Å²) in [5.74, 6) is 0. The summed E-state index contributed by atoms with van der Waals surface area (Å²) in [6.45, 7) is 2.08. The van der Waals surface area contributed by atoms with Gasteiger partial charge in [-0.2, -0.15) is 0 Å². The highest BCUT2D eigenvalue weighted by Gasteiger charge is 2.06. The van der Waals surface area contributed by atoms with E-state index in [1.54, 1.807) is 11.3 Å². The van der Waals surface area contributed by atoms with Gasteiger partial charge in [0.1, 0.15) is 0 Å². The summed E-state index contributed by atoms with van der Waals surface area (Å²) in [4.78, 5) is 3.34. The predicted octanol–water partition coefficient (Wildman–Crippen LogP) is 3.37. The minimum atomic E-state index is 0.898. The lowest BCUT2D eigenvalue weighted by atomic mass is 10.1. The summed E-state index contributed by atoms with van der Waals surface area (Å²) in [6.07, 6.45) is 0. The van der Waals surface area contributed by atoms with Crippen LogP contribution in [0.15, 0.2) is 30.3 Å². The molecular weight excluding hydrogens is 216 g/mol. The fraction of sp³-hybridized carbons (Fsp3) is 0.231. The molecule has 2 aromatic rings. The molecule has 1 heterocycles. The first-order valence-electron chi connectivity index (χ1n) is 5.21. The Morgan fingerprint density at radius 3 is 2.19 bits per heavy atom. The highest BCUT2D eigenvalue weighted by molar-refractivity contribution is 7.16. The predicted molar refractivity (Wildman–Crippen MR) is 73.2 cm³/mol. The average molecular weight is 232 g/mol. The van der Waals surface area contributed by atoms with Crippen molar-refractivity contribution in [3.05, 3.63) is 35.2 Å². The molecular formula is C13H16N2S. The zero-order chi connectivity index (χ0) is 11.7. The number of hydrogen-bond acceptors (Lipinski definition) is 3. The largest absolute Gasteiger partial charge is 0.390 e. The second-order valence-electron chi connectivity index (χ2n) is 4.08. The summed E-state index contributed by atoms with van der Waals surface area (Å²) >= 11 is 1.64. The van der Waals surface area contributed by atoms with Gasteiger partial charge in [-0.1, -0.05) is 12.1 Å². The van der Waals surface area contributed by atoms with Gasteiger partial charge < -0.3 is 10.6 Å². The number of rotatable bonds is 2. The zero-order valence-electron chi connectivity index (χ0n) is 9.82. The lowest BCUT2D eigenvalue weighted by Crippen LogP contribution is -2.07. The molecule has 84 valence electrons. The van der Waals surface area contributed by atoms with Crippen molar-refractivity contribution in [1.82, 2.24) is 0 Å². The third-order valence-electron chi connectivity index (χ3n) is 2.58. The molecule has 2 rings (SSSR count). The molecule has 1 aromatic heterocycles. The molecule has 0 atom stereocenters. The summed E-state index contributed by atoms with van der Waals surface area (Å²) in [5, 5.41) is 0.898. The van der Waals surface area contributed by atoms with E-state index >= 15 is 0 Å². The highest BCUT2D eigenvalue weighted by Crippen LogP contribution is 2.34. The Balaban J connectivity index is 2.38. The SMILES string of the molecule is Cc1cc(-c2ccc(N(C)C)cc2)c(N)s1. The molecule has 3 heteroatoms. The molecule has 2 N–H and O–H groups in total. The van der Waals surface area contributed by atoms with Gasteiger partial charge in [-0.3, -0.25) is 0 Å². The van der Waals surface area contributed by atoms with E-state index in [1.165, 1.54) is 16.1 Å². The van der Waals surface area contributed by atoms with Crippen molar-refractivity contribution in [2.75, 3.05) is 24.7 Å².